The van der Waals surface area contributed by atoms with Crippen LogP contribution in [-0.4, -0.2) is 32.0 Å². The highest BCUT2D eigenvalue weighted by molar-refractivity contribution is 6.33. The highest BCUT2D eigenvalue weighted by Gasteiger charge is 2.34. The lowest BCUT2D eigenvalue weighted by molar-refractivity contribution is 0.0723. The van der Waals surface area contributed by atoms with Crippen molar-refractivity contribution in [2.75, 3.05) is 0 Å². The molecule has 5 nitrogen and oxygen atoms in total. The zero-order chi connectivity index (χ0) is 17.2. The van der Waals surface area contributed by atoms with E-state index in [2.05, 4.69) is 15.2 Å². The molecule has 3 aromatic rings. The van der Waals surface area contributed by atoms with Gasteiger partial charge in [0.1, 0.15) is 5.69 Å². The summed E-state index contributed by atoms with van der Waals surface area (Å²) >= 11 is 6.22. The number of nitrogens with one attached hydrogen (secondary N) is 1. The molecule has 0 radical (unpaired) electrons. The van der Waals surface area contributed by atoms with E-state index in [1.54, 1.807) is 18.5 Å². The van der Waals surface area contributed by atoms with Gasteiger partial charge in [-0.25, -0.2) is 0 Å². The fourth-order valence-corrected chi connectivity index (χ4v) is 3.07. The van der Waals surface area contributed by atoms with Gasteiger partial charge in [-0.1, -0.05) is 35.9 Å². The van der Waals surface area contributed by atoms with E-state index in [-0.39, 0.29) is 5.91 Å². The number of H-pyrrole nitrogens is 1. The summed E-state index contributed by atoms with van der Waals surface area (Å²) in [5.74, 6) is -0.0443. The summed E-state index contributed by atoms with van der Waals surface area (Å²) in [5.41, 5.74) is 2.98. The number of pyridine rings is 1. The van der Waals surface area contributed by atoms with Crippen molar-refractivity contribution in [1.29, 1.82) is 0 Å². The molecule has 1 aliphatic rings. The van der Waals surface area contributed by atoms with Gasteiger partial charge in [0.15, 0.2) is 0 Å². The van der Waals surface area contributed by atoms with Crippen LogP contribution in [0.4, 0.5) is 0 Å². The predicted octanol–water partition coefficient (Wildman–Crippen LogP) is 3.93. The normalized spacial score (nSPS) is 13.6. The number of nitrogens with zero attached hydrogens (tertiary/aromatic N) is 3. The number of halogens is 1. The van der Waals surface area contributed by atoms with Crippen LogP contribution >= 0.6 is 11.6 Å². The molecule has 0 spiro atoms. The first kappa shape index (κ1) is 15.8. The molecule has 0 unspecified atom stereocenters. The quantitative estimate of drug-likeness (QED) is 0.756. The molecule has 1 fully saturated rings. The van der Waals surface area contributed by atoms with Crippen LogP contribution in [0.5, 0.6) is 0 Å². The topological polar surface area (TPSA) is 61.9 Å². The standard InChI is InChI=1S/C19H17ClN4O/c20-16-6-2-1-5-15(16)17-10-18(23-22-17)19(25)24(14-7-8-14)12-13-4-3-9-21-11-13/h1-6,9-11,14H,7-8,12H2,(H,22,23). The summed E-state index contributed by atoms with van der Waals surface area (Å²) in [6.45, 7) is 0.553. The van der Waals surface area contributed by atoms with Crippen LogP contribution in [0.1, 0.15) is 28.9 Å². The van der Waals surface area contributed by atoms with E-state index < -0.39 is 0 Å². The van der Waals surface area contributed by atoms with Gasteiger partial charge in [0.2, 0.25) is 0 Å². The first-order valence-electron chi connectivity index (χ1n) is 8.22. The zero-order valence-electron chi connectivity index (χ0n) is 13.5. The molecule has 25 heavy (non-hydrogen) atoms. The lowest BCUT2D eigenvalue weighted by Gasteiger charge is -2.21. The summed E-state index contributed by atoms with van der Waals surface area (Å²) in [7, 11) is 0. The maximum absolute atomic E-state index is 13.0. The lowest BCUT2D eigenvalue weighted by Crippen LogP contribution is -2.32. The summed E-state index contributed by atoms with van der Waals surface area (Å²) < 4.78 is 0. The Kier molecular flexibility index (Phi) is 4.24. The molecule has 6 heteroatoms. The van der Waals surface area contributed by atoms with Crippen molar-refractivity contribution in [2.24, 2.45) is 0 Å². The molecule has 2 heterocycles. The number of carbonyl (C=O) groups is 1. The number of benzene rings is 1. The van der Waals surface area contributed by atoms with E-state index in [9.17, 15) is 4.79 Å². The number of hydrogen-bond acceptors (Lipinski definition) is 3. The number of amides is 1. The lowest BCUT2D eigenvalue weighted by atomic mass is 10.1. The molecule has 1 aromatic carbocycles. The van der Waals surface area contributed by atoms with Crippen molar-refractivity contribution < 1.29 is 4.79 Å². The van der Waals surface area contributed by atoms with Crippen LogP contribution in [0.15, 0.2) is 54.9 Å². The van der Waals surface area contributed by atoms with E-state index in [1.165, 1.54) is 0 Å². The largest absolute Gasteiger partial charge is 0.330 e. The van der Waals surface area contributed by atoms with E-state index in [0.717, 1.165) is 24.0 Å². The molecular weight excluding hydrogens is 336 g/mol. The molecule has 1 saturated carbocycles. The van der Waals surface area contributed by atoms with Gasteiger partial charge in [-0.05, 0) is 36.6 Å². The molecule has 126 valence electrons. The Balaban J connectivity index is 1.58. The predicted molar refractivity (Wildman–Crippen MR) is 96.2 cm³/mol. The maximum atomic E-state index is 13.0. The van der Waals surface area contributed by atoms with Crippen LogP contribution in [0.2, 0.25) is 5.02 Å². The number of aromatic amines is 1. The molecule has 0 bridgehead atoms. The van der Waals surface area contributed by atoms with Crippen molar-refractivity contribution in [3.8, 4) is 11.3 Å². The van der Waals surface area contributed by atoms with Crippen molar-refractivity contribution in [2.45, 2.75) is 25.4 Å². The number of rotatable bonds is 5. The summed E-state index contributed by atoms with van der Waals surface area (Å²) in [5, 5.41) is 7.75. The Morgan fingerprint density at radius 2 is 2.08 bits per heavy atom. The van der Waals surface area contributed by atoms with Crippen LogP contribution < -0.4 is 0 Å². The Labute approximate surface area is 150 Å². The van der Waals surface area contributed by atoms with Crippen molar-refractivity contribution >= 4 is 17.5 Å². The Morgan fingerprint density at radius 1 is 1.24 bits per heavy atom. The summed E-state index contributed by atoms with van der Waals surface area (Å²) in [6, 6.07) is 13.4. The minimum absolute atomic E-state index is 0.0443. The third kappa shape index (κ3) is 3.42. The average Bonchev–Trinajstić information content (AvgIpc) is 3.37. The SMILES string of the molecule is O=C(c1cc(-c2ccccc2Cl)n[nH]1)N(Cc1cccnc1)C1CC1. The highest BCUT2D eigenvalue weighted by atomic mass is 35.5. The van der Waals surface area contributed by atoms with Gasteiger partial charge in [0.05, 0.1) is 10.7 Å². The molecule has 1 amide bonds. The van der Waals surface area contributed by atoms with E-state index in [0.29, 0.717) is 29.0 Å². The second-order valence-electron chi connectivity index (χ2n) is 6.17. The summed E-state index contributed by atoms with van der Waals surface area (Å²) in [4.78, 5) is 19.0. The first-order chi connectivity index (χ1) is 12.2. The Bertz CT molecular complexity index is 889. The smallest absolute Gasteiger partial charge is 0.272 e. The van der Waals surface area contributed by atoms with Crippen molar-refractivity contribution in [3.05, 3.63) is 71.1 Å². The second kappa shape index (κ2) is 6.69. The number of hydrogen-bond donors (Lipinski definition) is 1. The van der Waals surface area contributed by atoms with Crippen LogP contribution in [0.25, 0.3) is 11.3 Å². The van der Waals surface area contributed by atoms with Gasteiger partial charge < -0.3 is 4.90 Å². The first-order valence-corrected chi connectivity index (χ1v) is 8.60. The molecule has 0 aliphatic heterocycles. The van der Waals surface area contributed by atoms with Crippen molar-refractivity contribution in [1.82, 2.24) is 20.1 Å². The zero-order valence-corrected chi connectivity index (χ0v) is 14.3. The molecule has 0 saturated heterocycles. The Hall–Kier alpha value is -2.66. The third-order valence-electron chi connectivity index (χ3n) is 4.28. The molecule has 0 atom stereocenters. The van der Waals surface area contributed by atoms with Gasteiger partial charge in [0, 0.05) is 30.5 Å². The minimum atomic E-state index is -0.0443. The molecule has 1 N–H and O–H groups in total. The van der Waals surface area contributed by atoms with Gasteiger partial charge >= 0.3 is 0 Å². The fraction of sp³-hybridized carbons (Fsp3) is 0.211. The van der Waals surface area contributed by atoms with Crippen LogP contribution in [0.3, 0.4) is 0 Å². The number of aromatic nitrogens is 3. The average molecular weight is 353 g/mol. The summed E-state index contributed by atoms with van der Waals surface area (Å²) in [6.07, 6.45) is 5.61. The molecule has 1 aliphatic carbocycles. The minimum Gasteiger partial charge on any atom is -0.330 e. The van der Waals surface area contributed by atoms with Gasteiger partial charge in [-0.3, -0.25) is 14.9 Å². The molecule has 2 aromatic heterocycles. The van der Waals surface area contributed by atoms with E-state index in [4.69, 9.17) is 11.6 Å². The second-order valence-corrected chi connectivity index (χ2v) is 6.58. The molecular formula is C19H17ClN4O. The maximum Gasteiger partial charge on any atom is 0.272 e. The fourth-order valence-electron chi connectivity index (χ4n) is 2.83. The Morgan fingerprint density at radius 3 is 2.80 bits per heavy atom. The van der Waals surface area contributed by atoms with Gasteiger partial charge in [-0.15, -0.1) is 0 Å². The molecule has 4 rings (SSSR count). The van der Waals surface area contributed by atoms with Gasteiger partial charge in [-0.2, -0.15) is 5.10 Å². The van der Waals surface area contributed by atoms with Crippen LogP contribution in [0, 0.1) is 0 Å². The van der Waals surface area contributed by atoms with Gasteiger partial charge in [0.25, 0.3) is 5.91 Å². The number of carbonyl (C=O) groups excluding carboxylic acids is 1. The van der Waals surface area contributed by atoms with Crippen molar-refractivity contribution in [3.63, 3.8) is 0 Å². The highest BCUT2D eigenvalue weighted by Crippen LogP contribution is 2.31. The monoisotopic (exact) mass is 352 g/mol. The van der Waals surface area contributed by atoms with E-state index >= 15 is 0 Å². The van der Waals surface area contributed by atoms with E-state index in [1.807, 2.05) is 41.3 Å². The van der Waals surface area contributed by atoms with Crippen LogP contribution in [-0.2, 0) is 6.54 Å². The third-order valence-corrected chi connectivity index (χ3v) is 4.61.